The number of carbonyl (C=O) groups excluding carboxylic acids is 1. The van der Waals surface area contributed by atoms with Crippen LogP contribution in [-0.4, -0.2) is 42.4 Å². The summed E-state index contributed by atoms with van der Waals surface area (Å²) < 4.78 is 10.6. The summed E-state index contributed by atoms with van der Waals surface area (Å²) in [5.41, 5.74) is 1.71. The number of rotatable bonds is 5. The maximum Gasteiger partial charge on any atom is 0.251 e. The van der Waals surface area contributed by atoms with Crippen LogP contribution in [0.2, 0.25) is 0 Å². The molecule has 0 radical (unpaired) electrons. The van der Waals surface area contributed by atoms with Crippen LogP contribution in [0, 0.1) is 6.92 Å². The summed E-state index contributed by atoms with van der Waals surface area (Å²) in [6.07, 6.45) is 1.32. The molecule has 1 fully saturated rings. The molecule has 2 aromatic rings. The number of carbonyl (C=O) groups is 1. The number of aryl methyl sites for hydroxylation is 1. The summed E-state index contributed by atoms with van der Waals surface area (Å²) in [5, 5.41) is 10.3. The first-order valence-corrected chi connectivity index (χ1v) is 7.60. The van der Waals surface area contributed by atoms with Gasteiger partial charge in [-0.3, -0.25) is 4.79 Å². The molecule has 1 amide bonds. The molecule has 2 heterocycles. The smallest absolute Gasteiger partial charge is 0.251 e. The minimum atomic E-state index is -0.163. The first kappa shape index (κ1) is 15.5. The molecule has 7 heteroatoms. The monoisotopic (exact) mass is 316 g/mol. The second-order valence-electron chi connectivity index (χ2n) is 5.54. The first-order chi connectivity index (χ1) is 11.2. The SMILES string of the molecule is CO[C@@H]1CCN(c2ccc(C(=O)NCc3nnc(C)o3)cc2)C1. The van der Waals surface area contributed by atoms with Crippen molar-refractivity contribution in [2.24, 2.45) is 0 Å². The predicted molar refractivity (Wildman–Crippen MR) is 84.3 cm³/mol. The van der Waals surface area contributed by atoms with Crippen LogP contribution in [0.3, 0.4) is 0 Å². The van der Waals surface area contributed by atoms with E-state index in [0.717, 1.165) is 25.2 Å². The van der Waals surface area contributed by atoms with Gasteiger partial charge in [0.2, 0.25) is 11.8 Å². The van der Waals surface area contributed by atoms with Crippen molar-refractivity contribution in [2.45, 2.75) is 26.0 Å². The van der Waals surface area contributed by atoms with E-state index in [1.807, 2.05) is 24.3 Å². The van der Waals surface area contributed by atoms with Gasteiger partial charge in [-0.05, 0) is 30.7 Å². The molecule has 0 aliphatic carbocycles. The zero-order valence-electron chi connectivity index (χ0n) is 13.3. The third kappa shape index (κ3) is 3.68. The number of nitrogens with zero attached hydrogens (tertiary/aromatic N) is 3. The number of ether oxygens (including phenoxy) is 1. The third-order valence-corrected chi connectivity index (χ3v) is 3.94. The largest absolute Gasteiger partial charge is 0.424 e. The van der Waals surface area contributed by atoms with Crippen LogP contribution in [0.15, 0.2) is 28.7 Å². The fourth-order valence-electron chi connectivity index (χ4n) is 2.65. The lowest BCUT2D eigenvalue weighted by atomic mass is 10.2. The Balaban J connectivity index is 1.57. The van der Waals surface area contributed by atoms with Gasteiger partial charge in [0.1, 0.15) is 0 Å². The Labute approximate surface area is 134 Å². The van der Waals surface area contributed by atoms with E-state index in [1.165, 1.54) is 0 Å². The van der Waals surface area contributed by atoms with Crippen LogP contribution in [0.25, 0.3) is 0 Å². The minimum Gasteiger partial charge on any atom is -0.424 e. The lowest BCUT2D eigenvalue weighted by Crippen LogP contribution is -2.24. The average molecular weight is 316 g/mol. The van der Waals surface area contributed by atoms with Gasteiger partial charge < -0.3 is 19.4 Å². The number of hydrogen-bond acceptors (Lipinski definition) is 6. The van der Waals surface area contributed by atoms with Crippen molar-refractivity contribution in [3.8, 4) is 0 Å². The topological polar surface area (TPSA) is 80.5 Å². The fourth-order valence-corrected chi connectivity index (χ4v) is 2.65. The Morgan fingerprint density at radius 3 is 2.78 bits per heavy atom. The number of amides is 1. The van der Waals surface area contributed by atoms with Crippen molar-refractivity contribution in [1.82, 2.24) is 15.5 Å². The lowest BCUT2D eigenvalue weighted by Gasteiger charge is -2.18. The van der Waals surface area contributed by atoms with E-state index in [9.17, 15) is 4.79 Å². The Morgan fingerprint density at radius 1 is 1.39 bits per heavy atom. The molecule has 122 valence electrons. The van der Waals surface area contributed by atoms with E-state index in [2.05, 4.69) is 20.4 Å². The van der Waals surface area contributed by atoms with E-state index in [4.69, 9.17) is 9.15 Å². The summed E-state index contributed by atoms with van der Waals surface area (Å²) in [5.74, 6) is 0.720. The van der Waals surface area contributed by atoms with Crippen molar-refractivity contribution in [3.05, 3.63) is 41.6 Å². The molecule has 1 aliphatic heterocycles. The van der Waals surface area contributed by atoms with Gasteiger partial charge in [-0.2, -0.15) is 0 Å². The van der Waals surface area contributed by atoms with Gasteiger partial charge in [0.15, 0.2) is 0 Å². The molecule has 1 N–H and O–H groups in total. The van der Waals surface area contributed by atoms with E-state index in [1.54, 1.807) is 14.0 Å². The van der Waals surface area contributed by atoms with E-state index in [0.29, 0.717) is 17.3 Å². The number of methoxy groups -OCH3 is 1. The molecule has 1 aromatic heterocycles. The highest BCUT2D eigenvalue weighted by Crippen LogP contribution is 2.22. The van der Waals surface area contributed by atoms with E-state index >= 15 is 0 Å². The van der Waals surface area contributed by atoms with Crippen molar-refractivity contribution in [1.29, 1.82) is 0 Å². The maximum absolute atomic E-state index is 12.1. The summed E-state index contributed by atoms with van der Waals surface area (Å²) in [7, 11) is 1.74. The van der Waals surface area contributed by atoms with E-state index < -0.39 is 0 Å². The van der Waals surface area contributed by atoms with Gasteiger partial charge in [0.25, 0.3) is 5.91 Å². The number of nitrogens with one attached hydrogen (secondary N) is 1. The normalized spacial score (nSPS) is 17.5. The predicted octanol–water partition coefficient (Wildman–Crippen LogP) is 1.53. The van der Waals surface area contributed by atoms with Crippen LogP contribution < -0.4 is 10.2 Å². The van der Waals surface area contributed by atoms with Crippen LogP contribution in [0.5, 0.6) is 0 Å². The Hall–Kier alpha value is -2.41. The van der Waals surface area contributed by atoms with Gasteiger partial charge in [-0.1, -0.05) is 0 Å². The minimum absolute atomic E-state index is 0.163. The van der Waals surface area contributed by atoms with Crippen LogP contribution in [-0.2, 0) is 11.3 Å². The molecular formula is C16H20N4O3. The molecule has 0 bridgehead atoms. The summed E-state index contributed by atoms with van der Waals surface area (Å²) >= 11 is 0. The number of anilines is 1. The molecule has 1 aromatic carbocycles. The van der Waals surface area contributed by atoms with Crippen molar-refractivity contribution in [3.63, 3.8) is 0 Å². The van der Waals surface area contributed by atoms with Gasteiger partial charge in [-0.15, -0.1) is 10.2 Å². The Bertz CT molecular complexity index is 668. The number of benzene rings is 1. The van der Waals surface area contributed by atoms with Crippen molar-refractivity contribution < 1.29 is 13.9 Å². The fraction of sp³-hybridized carbons (Fsp3) is 0.438. The average Bonchev–Trinajstić information content (AvgIpc) is 3.21. The van der Waals surface area contributed by atoms with Gasteiger partial charge in [-0.25, -0.2) is 0 Å². The number of hydrogen-bond donors (Lipinski definition) is 1. The quantitative estimate of drug-likeness (QED) is 0.901. The molecule has 0 saturated carbocycles. The molecule has 1 saturated heterocycles. The molecule has 1 aliphatic rings. The second kappa shape index (κ2) is 6.78. The lowest BCUT2D eigenvalue weighted by molar-refractivity contribution is 0.0947. The highest BCUT2D eigenvalue weighted by molar-refractivity contribution is 5.94. The number of aromatic nitrogens is 2. The highest BCUT2D eigenvalue weighted by Gasteiger charge is 2.22. The molecular weight excluding hydrogens is 296 g/mol. The molecule has 1 atom stereocenters. The van der Waals surface area contributed by atoms with E-state index in [-0.39, 0.29) is 18.6 Å². The second-order valence-corrected chi connectivity index (χ2v) is 5.54. The van der Waals surface area contributed by atoms with Gasteiger partial charge in [0, 0.05) is 38.4 Å². The Morgan fingerprint density at radius 2 is 2.17 bits per heavy atom. The van der Waals surface area contributed by atoms with Gasteiger partial charge in [0.05, 0.1) is 12.6 Å². The molecule has 7 nitrogen and oxygen atoms in total. The van der Waals surface area contributed by atoms with Gasteiger partial charge >= 0.3 is 0 Å². The first-order valence-electron chi connectivity index (χ1n) is 7.60. The highest BCUT2D eigenvalue weighted by atomic mass is 16.5. The zero-order chi connectivity index (χ0) is 16.2. The summed E-state index contributed by atoms with van der Waals surface area (Å²) in [6.45, 7) is 3.80. The summed E-state index contributed by atoms with van der Waals surface area (Å²) in [6, 6.07) is 7.57. The maximum atomic E-state index is 12.1. The van der Waals surface area contributed by atoms with Crippen molar-refractivity contribution in [2.75, 3.05) is 25.1 Å². The molecule has 3 rings (SSSR count). The molecule has 23 heavy (non-hydrogen) atoms. The Kier molecular flexibility index (Phi) is 4.57. The summed E-state index contributed by atoms with van der Waals surface area (Å²) in [4.78, 5) is 14.4. The molecule has 0 spiro atoms. The van der Waals surface area contributed by atoms with Crippen LogP contribution in [0.1, 0.15) is 28.6 Å². The van der Waals surface area contributed by atoms with Crippen molar-refractivity contribution >= 4 is 11.6 Å². The third-order valence-electron chi connectivity index (χ3n) is 3.94. The zero-order valence-corrected chi connectivity index (χ0v) is 13.3. The van der Waals surface area contributed by atoms with Crippen LogP contribution in [0.4, 0.5) is 5.69 Å². The standard InChI is InChI=1S/C16H20N4O3/c1-11-18-19-15(23-11)9-17-16(21)12-3-5-13(6-4-12)20-8-7-14(10-20)22-2/h3-6,14H,7-10H2,1-2H3,(H,17,21)/t14-/m1/s1. The van der Waals surface area contributed by atoms with Crippen LogP contribution >= 0.6 is 0 Å². The molecule has 0 unspecified atom stereocenters.